The van der Waals surface area contributed by atoms with Crippen LogP contribution in [-0.4, -0.2) is 19.6 Å². The predicted molar refractivity (Wildman–Crippen MR) is 84.1 cm³/mol. The lowest BCUT2D eigenvalue weighted by molar-refractivity contribution is 0.281. The van der Waals surface area contributed by atoms with Crippen molar-refractivity contribution in [1.82, 2.24) is 4.72 Å². The fraction of sp³-hybridized carbons (Fsp3) is 0.571. The smallest absolute Gasteiger partial charge is 0.242 e. The normalized spacial score (nSPS) is 23.2. The summed E-state index contributed by atoms with van der Waals surface area (Å²) >= 11 is 12.0. The number of rotatable bonds is 4. The van der Waals surface area contributed by atoms with Crippen LogP contribution in [0.25, 0.3) is 0 Å². The topological polar surface area (TPSA) is 66.4 Å². The second-order valence-corrected chi connectivity index (χ2v) is 8.05. The monoisotopic (exact) mass is 351 g/mol. The Morgan fingerprint density at radius 3 is 2.67 bits per heavy atom. The number of nitrogens with one attached hydrogen (secondary N) is 1. The SMILES string of the molecule is CC1CCCC(NS(=O)(=O)c2ccc(Cl)c(CO)c2Cl)C1. The number of benzene rings is 1. The number of aliphatic hydroxyl groups is 1. The van der Waals surface area contributed by atoms with Crippen LogP contribution in [0.15, 0.2) is 17.0 Å². The molecule has 1 aliphatic rings. The molecule has 0 radical (unpaired) electrons. The van der Waals surface area contributed by atoms with Gasteiger partial charge >= 0.3 is 0 Å². The molecule has 1 fully saturated rings. The van der Waals surface area contributed by atoms with Crippen LogP contribution in [0.3, 0.4) is 0 Å². The summed E-state index contributed by atoms with van der Waals surface area (Å²) in [6.07, 6.45) is 3.82. The molecule has 1 saturated carbocycles. The van der Waals surface area contributed by atoms with Gasteiger partial charge in [-0.1, -0.05) is 43.0 Å². The number of hydrogen-bond acceptors (Lipinski definition) is 3. The van der Waals surface area contributed by atoms with Crippen molar-refractivity contribution in [3.63, 3.8) is 0 Å². The maximum atomic E-state index is 12.5. The largest absolute Gasteiger partial charge is 0.392 e. The number of aliphatic hydroxyl groups excluding tert-OH is 1. The van der Waals surface area contributed by atoms with E-state index in [4.69, 9.17) is 23.2 Å². The summed E-state index contributed by atoms with van der Waals surface area (Å²) in [5.41, 5.74) is 0.234. The molecule has 2 rings (SSSR count). The Labute approximate surface area is 135 Å². The second-order valence-electron chi connectivity index (χ2n) is 5.59. The van der Waals surface area contributed by atoms with E-state index in [1.807, 2.05) is 0 Å². The van der Waals surface area contributed by atoms with Crippen molar-refractivity contribution in [3.05, 3.63) is 27.7 Å². The molecule has 1 aromatic rings. The predicted octanol–water partition coefficient (Wildman–Crippen LogP) is 3.34. The minimum atomic E-state index is -3.72. The van der Waals surface area contributed by atoms with Crippen LogP contribution in [0.5, 0.6) is 0 Å². The van der Waals surface area contributed by atoms with Gasteiger partial charge in [0.15, 0.2) is 0 Å². The van der Waals surface area contributed by atoms with Gasteiger partial charge in [0.05, 0.1) is 11.6 Å². The Morgan fingerprint density at radius 2 is 2.05 bits per heavy atom. The summed E-state index contributed by atoms with van der Waals surface area (Å²) in [6.45, 7) is 1.72. The molecule has 7 heteroatoms. The molecule has 2 unspecified atom stereocenters. The molecule has 0 heterocycles. The molecule has 0 aliphatic heterocycles. The summed E-state index contributed by atoms with van der Waals surface area (Å²) in [5, 5.41) is 9.51. The molecule has 0 saturated heterocycles. The second kappa shape index (κ2) is 6.84. The van der Waals surface area contributed by atoms with Gasteiger partial charge in [-0.2, -0.15) is 0 Å². The average Bonchev–Trinajstić information content (AvgIpc) is 2.38. The van der Waals surface area contributed by atoms with Crippen molar-refractivity contribution in [2.24, 2.45) is 5.92 Å². The zero-order chi connectivity index (χ0) is 15.6. The minimum absolute atomic E-state index is 0.0126. The molecule has 0 aromatic heterocycles. The first-order chi connectivity index (χ1) is 9.85. The molecule has 2 atom stereocenters. The lowest BCUT2D eigenvalue weighted by Gasteiger charge is -2.27. The van der Waals surface area contributed by atoms with Gasteiger partial charge in [-0.05, 0) is 30.9 Å². The quantitative estimate of drug-likeness (QED) is 0.873. The molecule has 4 nitrogen and oxygen atoms in total. The molecule has 0 spiro atoms. The minimum Gasteiger partial charge on any atom is -0.392 e. The standard InChI is InChI=1S/C14H19Cl2NO3S/c1-9-3-2-4-10(7-9)17-21(19,20)13-6-5-12(15)11(8-18)14(13)16/h5-6,9-10,17-18H,2-4,7-8H2,1H3. The van der Waals surface area contributed by atoms with Crippen LogP contribution in [0.2, 0.25) is 10.0 Å². The van der Waals surface area contributed by atoms with Crippen LogP contribution in [0, 0.1) is 5.92 Å². The van der Waals surface area contributed by atoms with Crippen molar-refractivity contribution < 1.29 is 13.5 Å². The Bertz CT molecular complexity index is 619. The number of sulfonamides is 1. The Hall–Kier alpha value is -0.330. The third-order valence-electron chi connectivity index (χ3n) is 3.86. The first-order valence-corrected chi connectivity index (χ1v) is 9.19. The molecule has 1 aliphatic carbocycles. The van der Waals surface area contributed by atoms with E-state index in [0.717, 1.165) is 25.7 Å². The summed E-state index contributed by atoms with van der Waals surface area (Å²) in [4.78, 5) is -0.0316. The maximum absolute atomic E-state index is 12.5. The van der Waals surface area contributed by atoms with E-state index in [9.17, 15) is 13.5 Å². The van der Waals surface area contributed by atoms with Gasteiger partial charge in [-0.15, -0.1) is 0 Å². The highest BCUT2D eigenvalue weighted by Gasteiger charge is 2.27. The molecule has 1 aromatic carbocycles. The van der Waals surface area contributed by atoms with Crippen molar-refractivity contribution in [3.8, 4) is 0 Å². The van der Waals surface area contributed by atoms with E-state index < -0.39 is 16.6 Å². The van der Waals surface area contributed by atoms with E-state index in [0.29, 0.717) is 5.92 Å². The summed E-state index contributed by atoms with van der Waals surface area (Å²) < 4.78 is 27.7. The van der Waals surface area contributed by atoms with Gasteiger partial charge < -0.3 is 5.11 Å². The Balaban J connectivity index is 2.27. The summed E-state index contributed by atoms with van der Waals surface area (Å²) in [6, 6.07) is 2.75. The third-order valence-corrected chi connectivity index (χ3v) is 6.32. The van der Waals surface area contributed by atoms with Gasteiger partial charge in [0.2, 0.25) is 10.0 Å². The van der Waals surface area contributed by atoms with Crippen LogP contribution < -0.4 is 4.72 Å². The molecular formula is C14H19Cl2NO3S. The third kappa shape index (κ3) is 3.90. The highest BCUT2D eigenvalue weighted by atomic mass is 35.5. The van der Waals surface area contributed by atoms with E-state index in [1.54, 1.807) is 0 Å². The van der Waals surface area contributed by atoms with E-state index in [2.05, 4.69) is 11.6 Å². The highest BCUT2D eigenvalue weighted by molar-refractivity contribution is 7.89. The van der Waals surface area contributed by atoms with Crippen LogP contribution in [0.1, 0.15) is 38.2 Å². The molecule has 0 amide bonds. The van der Waals surface area contributed by atoms with E-state index in [-0.39, 0.29) is 26.5 Å². The zero-order valence-electron chi connectivity index (χ0n) is 11.8. The van der Waals surface area contributed by atoms with E-state index in [1.165, 1.54) is 12.1 Å². The molecule has 118 valence electrons. The molecule has 2 N–H and O–H groups in total. The molecule has 0 bridgehead atoms. The first kappa shape index (κ1) is 17.0. The Kier molecular flexibility index (Phi) is 5.54. The van der Waals surface area contributed by atoms with Crippen molar-refractivity contribution in [1.29, 1.82) is 0 Å². The van der Waals surface area contributed by atoms with Crippen molar-refractivity contribution in [2.45, 2.75) is 50.2 Å². The van der Waals surface area contributed by atoms with Crippen molar-refractivity contribution in [2.75, 3.05) is 0 Å². The van der Waals surface area contributed by atoms with E-state index >= 15 is 0 Å². The van der Waals surface area contributed by atoms with Gasteiger partial charge in [0.25, 0.3) is 0 Å². The first-order valence-electron chi connectivity index (χ1n) is 6.95. The van der Waals surface area contributed by atoms with Crippen LogP contribution >= 0.6 is 23.2 Å². The van der Waals surface area contributed by atoms with Gasteiger partial charge in [-0.25, -0.2) is 13.1 Å². The fourth-order valence-corrected chi connectivity index (χ4v) is 4.93. The van der Waals surface area contributed by atoms with Crippen molar-refractivity contribution >= 4 is 33.2 Å². The lowest BCUT2D eigenvalue weighted by atomic mass is 9.88. The molecule has 21 heavy (non-hydrogen) atoms. The summed E-state index contributed by atoms with van der Waals surface area (Å²) in [7, 11) is -3.72. The lowest BCUT2D eigenvalue weighted by Crippen LogP contribution is -2.38. The fourth-order valence-electron chi connectivity index (χ4n) is 2.75. The zero-order valence-corrected chi connectivity index (χ0v) is 14.1. The highest BCUT2D eigenvalue weighted by Crippen LogP contribution is 2.32. The van der Waals surface area contributed by atoms with Gasteiger partial charge in [0, 0.05) is 16.6 Å². The van der Waals surface area contributed by atoms with Gasteiger partial charge in [-0.3, -0.25) is 0 Å². The Morgan fingerprint density at radius 1 is 1.33 bits per heavy atom. The van der Waals surface area contributed by atoms with Crippen LogP contribution in [0.4, 0.5) is 0 Å². The average molecular weight is 352 g/mol. The number of halogens is 2. The number of hydrogen-bond donors (Lipinski definition) is 2. The van der Waals surface area contributed by atoms with Gasteiger partial charge in [0.1, 0.15) is 4.90 Å². The summed E-state index contributed by atoms with van der Waals surface area (Å²) in [5.74, 6) is 0.514. The molecular weight excluding hydrogens is 333 g/mol. The maximum Gasteiger partial charge on any atom is 0.242 e. The van der Waals surface area contributed by atoms with Crippen LogP contribution in [-0.2, 0) is 16.6 Å².